The van der Waals surface area contributed by atoms with Crippen molar-refractivity contribution >= 4 is 41.0 Å². The van der Waals surface area contributed by atoms with Gasteiger partial charge in [-0.05, 0) is 6.07 Å². The molecule has 0 radical (unpaired) electrons. The topological polar surface area (TPSA) is 81.5 Å². The van der Waals surface area contributed by atoms with Gasteiger partial charge < -0.3 is 14.6 Å². The van der Waals surface area contributed by atoms with Crippen molar-refractivity contribution in [3.05, 3.63) is 63.7 Å². The molecule has 0 saturated heterocycles. The quantitative estimate of drug-likeness (QED) is 0.422. The van der Waals surface area contributed by atoms with Crippen molar-refractivity contribution in [3.8, 4) is 28.8 Å². The Hall–Kier alpha value is -2.54. The van der Waals surface area contributed by atoms with Crippen LogP contribution < -0.4 is 9.47 Å². The van der Waals surface area contributed by atoms with Crippen molar-refractivity contribution < 1.29 is 19.4 Å². The highest BCUT2D eigenvalue weighted by Gasteiger charge is 2.17. The summed E-state index contributed by atoms with van der Waals surface area (Å²) in [6.07, 6.45) is -0.337. The van der Waals surface area contributed by atoms with Crippen LogP contribution in [0.15, 0.2) is 48.7 Å². The Morgan fingerprint density at radius 1 is 0.962 bits per heavy atom. The molecule has 0 fully saturated rings. The molecule has 0 atom stereocenters. The van der Waals surface area contributed by atoms with Crippen molar-refractivity contribution in [2.45, 2.75) is 0 Å². The molecule has 9 heteroatoms. The van der Waals surface area contributed by atoms with Gasteiger partial charge in [0.2, 0.25) is 5.75 Å². The Morgan fingerprint density at radius 2 is 1.65 bits per heavy atom. The third kappa shape index (κ3) is 4.16. The van der Waals surface area contributed by atoms with Crippen LogP contribution in [0.2, 0.25) is 15.1 Å². The molecule has 1 N–H and O–H groups in total. The Labute approximate surface area is 162 Å². The van der Waals surface area contributed by atoms with E-state index in [2.05, 4.69) is 14.7 Å². The van der Waals surface area contributed by atoms with Crippen molar-refractivity contribution in [1.29, 1.82) is 0 Å². The van der Waals surface area contributed by atoms with Gasteiger partial charge in [0.25, 0.3) is 5.88 Å². The predicted molar refractivity (Wildman–Crippen MR) is 97.7 cm³/mol. The molecule has 0 unspecified atom stereocenters. The van der Waals surface area contributed by atoms with E-state index < -0.39 is 6.16 Å². The number of hydrogen-bond acceptors (Lipinski definition) is 5. The lowest BCUT2D eigenvalue weighted by atomic mass is 10.2. The Morgan fingerprint density at radius 3 is 2.35 bits per heavy atom. The van der Waals surface area contributed by atoms with Crippen LogP contribution in [0.4, 0.5) is 4.79 Å². The maximum atomic E-state index is 10.9. The SMILES string of the molecule is O=C(O)Oc1cnc(-c2ccccc2)nc1Oc1cc(Cl)c(Cl)cc1Cl. The second kappa shape index (κ2) is 7.78. The van der Waals surface area contributed by atoms with Crippen molar-refractivity contribution in [2.24, 2.45) is 0 Å². The molecule has 0 aliphatic rings. The fourth-order valence-electron chi connectivity index (χ4n) is 2.01. The lowest BCUT2D eigenvalue weighted by Crippen LogP contribution is -2.06. The predicted octanol–water partition coefficient (Wildman–Crippen LogP) is 5.95. The second-order valence-electron chi connectivity index (χ2n) is 4.90. The molecule has 1 aromatic heterocycles. The van der Waals surface area contributed by atoms with E-state index in [0.717, 1.165) is 0 Å². The summed E-state index contributed by atoms with van der Waals surface area (Å²) < 4.78 is 10.3. The number of ether oxygens (including phenoxy) is 2. The number of carbonyl (C=O) groups is 1. The first-order chi connectivity index (χ1) is 12.4. The van der Waals surface area contributed by atoms with Gasteiger partial charge >= 0.3 is 6.16 Å². The first-order valence-electron chi connectivity index (χ1n) is 7.09. The number of benzene rings is 2. The summed E-state index contributed by atoms with van der Waals surface area (Å²) in [6.45, 7) is 0. The molecule has 0 spiro atoms. The standard InChI is InChI=1S/C17H9Cl3N2O4/c18-10-6-12(20)13(7-11(10)19)25-16-14(26-17(23)24)8-21-15(22-16)9-4-2-1-3-5-9/h1-8H,(H,23,24). The van der Waals surface area contributed by atoms with Gasteiger partial charge in [0.05, 0.1) is 21.3 Å². The Bertz CT molecular complexity index is 968. The minimum atomic E-state index is -1.54. The van der Waals surface area contributed by atoms with E-state index in [1.807, 2.05) is 18.2 Å². The number of hydrogen-bond donors (Lipinski definition) is 1. The molecular formula is C17H9Cl3N2O4. The minimum absolute atomic E-state index is 0.133. The number of rotatable bonds is 4. The highest BCUT2D eigenvalue weighted by atomic mass is 35.5. The maximum Gasteiger partial charge on any atom is 0.511 e. The zero-order chi connectivity index (χ0) is 18.7. The summed E-state index contributed by atoms with van der Waals surface area (Å²) in [7, 11) is 0. The first-order valence-corrected chi connectivity index (χ1v) is 8.23. The van der Waals surface area contributed by atoms with Crippen LogP contribution in [0.5, 0.6) is 17.4 Å². The summed E-state index contributed by atoms with van der Waals surface area (Å²) in [5, 5.41) is 9.51. The molecule has 3 aromatic rings. The van der Waals surface area contributed by atoms with Gasteiger partial charge in [0.1, 0.15) is 5.75 Å². The van der Waals surface area contributed by atoms with Crippen LogP contribution >= 0.6 is 34.8 Å². The molecule has 132 valence electrons. The molecule has 0 saturated carbocycles. The summed E-state index contributed by atoms with van der Waals surface area (Å²) in [5.74, 6) is 0.115. The second-order valence-corrected chi connectivity index (χ2v) is 6.12. The van der Waals surface area contributed by atoms with Gasteiger partial charge in [-0.2, -0.15) is 4.98 Å². The molecule has 3 rings (SSSR count). The summed E-state index contributed by atoms with van der Waals surface area (Å²) in [4.78, 5) is 19.2. The van der Waals surface area contributed by atoms with Crippen LogP contribution in [0.1, 0.15) is 0 Å². The zero-order valence-electron chi connectivity index (χ0n) is 12.8. The molecular weight excluding hydrogens is 403 g/mol. The van der Waals surface area contributed by atoms with Crippen molar-refractivity contribution in [2.75, 3.05) is 0 Å². The lowest BCUT2D eigenvalue weighted by molar-refractivity contribution is 0.142. The summed E-state index contributed by atoms with van der Waals surface area (Å²) in [6, 6.07) is 11.9. The fraction of sp³-hybridized carbons (Fsp3) is 0. The first kappa shape index (κ1) is 18.3. The third-order valence-corrected chi connectivity index (χ3v) is 4.15. The normalized spacial score (nSPS) is 10.4. The molecule has 2 aromatic carbocycles. The average molecular weight is 412 g/mol. The van der Waals surface area contributed by atoms with Gasteiger partial charge in [-0.3, -0.25) is 0 Å². The Kier molecular flexibility index (Phi) is 5.46. The van der Waals surface area contributed by atoms with E-state index in [0.29, 0.717) is 11.4 Å². The van der Waals surface area contributed by atoms with Crippen LogP contribution in [0.3, 0.4) is 0 Å². The molecule has 0 aliphatic heterocycles. The van der Waals surface area contributed by atoms with Crippen LogP contribution in [-0.2, 0) is 0 Å². The number of halogens is 3. The zero-order valence-corrected chi connectivity index (χ0v) is 15.1. The van der Waals surface area contributed by atoms with Gasteiger partial charge in [0.15, 0.2) is 5.82 Å². The molecule has 0 amide bonds. The number of aromatic nitrogens is 2. The molecule has 26 heavy (non-hydrogen) atoms. The summed E-state index contributed by atoms with van der Waals surface area (Å²) >= 11 is 18.0. The molecule has 0 aliphatic carbocycles. The number of carboxylic acid groups (broad SMARTS) is 1. The van der Waals surface area contributed by atoms with E-state index in [4.69, 9.17) is 44.6 Å². The van der Waals surface area contributed by atoms with E-state index in [-0.39, 0.29) is 32.4 Å². The fourth-order valence-corrected chi connectivity index (χ4v) is 2.58. The monoisotopic (exact) mass is 410 g/mol. The van der Waals surface area contributed by atoms with Crippen molar-refractivity contribution in [1.82, 2.24) is 9.97 Å². The van der Waals surface area contributed by atoms with E-state index in [9.17, 15) is 4.79 Å². The Balaban J connectivity index is 2.05. The highest BCUT2D eigenvalue weighted by Crippen LogP contribution is 2.38. The highest BCUT2D eigenvalue weighted by molar-refractivity contribution is 6.43. The molecule has 0 bridgehead atoms. The van der Waals surface area contributed by atoms with Gasteiger partial charge in [-0.25, -0.2) is 9.78 Å². The van der Waals surface area contributed by atoms with Gasteiger partial charge in [-0.15, -0.1) is 0 Å². The maximum absolute atomic E-state index is 10.9. The van der Waals surface area contributed by atoms with Gasteiger partial charge in [-0.1, -0.05) is 65.1 Å². The van der Waals surface area contributed by atoms with Crippen LogP contribution in [0.25, 0.3) is 11.4 Å². The van der Waals surface area contributed by atoms with Crippen LogP contribution in [0, 0.1) is 0 Å². The van der Waals surface area contributed by atoms with E-state index in [1.54, 1.807) is 12.1 Å². The number of nitrogens with zero attached hydrogens (tertiary/aromatic N) is 2. The summed E-state index contributed by atoms with van der Waals surface area (Å²) in [5.41, 5.74) is 0.708. The van der Waals surface area contributed by atoms with E-state index >= 15 is 0 Å². The van der Waals surface area contributed by atoms with Gasteiger partial charge in [0, 0.05) is 11.6 Å². The smallest absolute Gasteiger partial charge is 0.449 e. The van der Waals surface area contributed by atoms with Crippen LogP contribution in [-0.4, -0.2) is 21.2 Å². The lowest BCUT2D eigenvalue weighted by Gasteiger charge is -2.12. The van der Waals surface area contributed by atoms with E-state index in [1.165, 1.54) is 18.3 Å². The average Bonchev–Trinajstić information content (AvgIpc) is 2.61. The minimum Gasteiger partial charge on any atom is -0.449 e. The van der Waals surface area contributed by atoms with Crippen molar-refractivity contribution in [3.63, 3.8) is 0 Å². The molecule has 6 nitrogen and oxygen atoms in total. The largest absolute Gasteiger partial charge is 0.511 e. The molecule has 1 heterocycles. The third-order valence-electron chi connectivity index (χ3n) is 3.13.